The van der Waals surface area contributed by atoms with Gasteiger partial charge in [0.15, 0.2) is 0 Å². The van der Waals surface area contributed by atoms with E-state index in [0.717, 1.165) is 17.0 Å². The van der Waals surface area contributed by atoms with Gasteiger partial charge in [-0.05, 0) is 37.0 Å². The second kappa shape index (κ2) is 4.96. The third kappa shape index (κ3) is 2.32. The van der Waals surface area contributed by atoms with Crippen LogP contribution in [0.25, 0.3) is 5.57 Å². The van der Waals surface area contributed by atoms with E-state index in [2.05, 4.69) is 31.0 Å². The molecule has 0 radical (unpaired) electrons. The summed E-state index contributed by atoms with van der Waals surface area (Å²) in [6, 6.07) is 0. The van der Waals surface area contributed by atoms with Gasteiger partial charge < -0.3 is 5.21 Å². The Hall–Kier alpha value is -1.58. The molecule has 0 amide bonds. The average molecular weight is 221 g/mol. The van der Waals surface area contributed by atoms with Gasteiger partial charge in [0.1, 0.15) is 0 Å². The molecule has 1 N–H and O–H groups in total. The van der Waals surface area contributed by atoms with Gasteiger partial charge in [-0.3, -0.25) is 4.68 Å². The predicted molar refractivity (Wildman–Crippen MR) is 65.8 cm³/mol. The number of hydrogen-bond acceptors (Lipinski definition) is 3. The molecule has 0 saturated carbocycles. The second-order valence-electron chi connectivity index (χ2n) is 4.22. The number of oxime groups is 1. The Morgan fingerprint density at radius 1 is 1.44 bits per heavy atom. The molecule has 1 aromatic heterocycles. The fourth-order valence-electron chi connectivity index (χ4n) is 1.83. The molecule has 0 saturated heterocycles. The van der Waals surface area contributed by atoms with Crippen molar-refractivity contribution in [3.8, 4) is 0 Å². The van der Waals surface area contributed by atoms with Crippen LogP contribution in [0, 0.1) is 19.8 Å². The Morgan fingerprint density at radius 3 is 2.44 bits per heavy atom. The number of aromatic nitrogens is 2. The van der Waals surface area contributed by atoms with Gasteiger partial charge in [-0.25, -0.2) is 0 Å². The van der Waals surface area contributed by atoms with Gasteiger partial charge >= 0.3 is 0 Å². The molecule has 88 valence electrons. The second-order valence-corrected chi connectivity index (χ2v) is 4.22. The molecule has 0 aliphatic heterocycles. The van der Waals surface area contributed by atoms with Crippen molar-refractivity contribution in [1.82, 2.24) is 9.78 Å². The highest BCUT2D eigenvalue weighted by Gasteiger charge is 2.15. The van der Waals surface area contributed by atoms with Crippen molar-refractivity contribution >= 4 is 11.8 Å². The lowest BCUT2D eigenvalue weighted by Crippen LogP contribution is -2.03. The molecule has 0 fully saturated rings. The van der Waals surface area contributed by atoms with Crippen molar-refractivity contribution in [2.45, 2.75) is 27.7 Å². The van der Waals surface area contributed by atoms with Gasteiger partial charge in [0.25, 0.3) is 0 Å². The van der Waals surface area contributed by atoms with Gasteiger partial charge in [0.2, 0.25) is 0 Å². The van der Waals surface area contributed by atoms with Gasteiger partial charge in [-0.2, -0.15) is 5.10 Å². The minimum absolute atomic E-state index is 0.353. The maximum absolute atomic E-state index is 8.49. The summed E-state index contributed by atoms with van der Waals surface area (Å²) in [5.74, 6) is 0.353. The van der Waals surface area contributed by atoms with E-state index in [-0.39, 0.29) is 0 Å². The van der Waals surface area contributed by atoms with Crippen molar-refractivity contribution in [2.24, 2.45) is 18.1 Å². The number of rotatable bonds is 3. The smallest absolute Gasteiger partial charge is 0.0673 e. The lowest BCUT2D eigenvalue weighted by molar-refractivity contribution is 0.322. The molecule has 0 spiro atoms. The molecule has 1 aromatic rings. The first-order chi connectivity index (χ1) is 7.49. The normalized spacial score (nSPS) is 13.0. The van der Waals surface area contributed by atoms with Crippen molar-refractivity contribution in [1.29, 1.82) is 0 Å². The zero-order valence-corrected chi connectivity index (χ0v) is 10.5. The molecule has 0 aromatic carbocycles. The van der Waals surface area contributed by atoms with E-state index in [1.165, 1.54) is 11.8 Å². The highest BCUT2D eigenvalue weighted by atomic mass is 16.4. The largest absolute Gasteiger partial charge is 0.411 e. The van der Waals surface area contributed by atoms with E-state index >= 15 is 0 Å². The van der Waals surface area contributed by atoms with Crippen LogP contribution in [0.2, 0.25) is 0 Å². The van der Waals surface area contributed by atoms with E-state index in [1.54, 1.807) is 0 Å². The number of nitrogens with zero attached hydrogens (tertiary/aromatic N) is 3. The lowest BCUT2D eigenvalue weighted by Gasteiger charge is -2.12. The fraction of sp³-hybridized carbons (Fsp3) is 0.500. The fourth-order valence-corrected chi connectivity index (χ4v) is 1.83. The first-order valence-corrected chi connectivity index (χ1v) is 5.37. The van der Waals surface area contributed by atoms with Crippen LogP contribution in [0.1, 0.15) is 30.8 Å². The van der Waals surface area contributed by atoms with Gasteiger partial charge in [-0.1, -0.05) is 19.0 Å². The third-order valence-electron chi connectivity index (χ3n) is 2.74. The Morgan fingerprint density at radius 2 is 2.06 bits per heavy atom. The zero-order valence-electron chi connectivity index (χ0n) is 10.5. The highest BCUT2D eigenvalue weighted by molar-refractivity contribution is 5.84. The van der Waals surface area contributed by atoms with Gasteiger partial charge in [0.05, 0.1) is 17.6 Å². The number of aryl methyl sites for hydroxylation is 2. The Kier molecular flexibility index (Phi) is 3.88. The highest BCUT2D eigenvalue weighted by Crippen LogP contribution is 2.26. The summed E-state index contributed by atoms with van der Waals surface area (Å²) in [5.41, 5.74) is 4.43. The molecule has 0 aliphatic carbocycles. The van der Waals surface area contributed by atoms with Gasteiger partial charge in [-0.15, -0.1) is 0 Å². The van der Waals surface area contributed by atoms with E-state index in [1.807, 2.05) is 24.7 Å². The number of hydrogen-bond donors (Lipinski definition) is 1. The Bertz CT molecular complexity index is 428. The average Bonchev–Trinajstić information content (AvgIpc) is 2.44. The molecule has 1 heterocycles. The molecular weight excluding hydrogens is 202 g/mol. The molecule has 4 nitrogen and oxygen atoms in total. The minimum Gasteiger partial charge on any atom is -0.411 e. The molecule has 0 atom stereocenters. The van der Waals surface area contributed by atoms with Gasteiger partial charge in [0, 0.05) is 7.05 Å². The van der Waals surface area contributed by atoms with Crippen LogP contribution in [0.3, 0.4) is 0 Å². The molecule has 4 heteroatoms. The third-order valence-corrected chi connectivity index (χ3v) is 2.74. The first kappa shape index (κ1) is 12.5. The molecule has 0 bridgehead atoms. The van der Waals surface area contributed by atoms with E-state index in [4.69, 9.17) is 5.21 Å². The summed E-state index contributed by atoms with van der Waals surface area (Å²) in [5, 5.41) is 15.9. The predicted octanol–water partition coefficient (Wildman–Crippen LogP) is 2.54. The maximum Gasteiger partial charge on any atom is 0.0673 e. The topological polar surface area (TPSA) is 50.4 Å². The van der Waals surface area contributed by atoms with E-state index < -0.39 is 0 Å². The Balaban J connectivity index is 3.32. The van der Waals surface area contributed by atoms with Crippen LogP contribution < -0.4 is 0 Å². The standard InChI is InChI=1S/C12H19N3O/c1-8(2)11(6-7-13-16)12-9(3)10(4)14-15(12)5/h6-8,16H,1-5H3/b11-6-,13-7+. The minimum atomic E-state index is 0.353. The molecule has 0 aliphatic rings. The summed E-state index contributed by atoms with van der Waals surface area (Å²) >= 11 is 0. The lowest BCUT2D eigenvalue weighted by atomic mass is 9.96. The van der Waals surface area contributed by atoms with Crippen molar-refractivity contribution in [3.05, 3.63) is 23.0 Å². The van der Waals surface area contributed by atoms with Crippen LogP contribution in [0.5, 0.6) is 0 Å². The van der Waals surface area contributed by atoms with Crippen molar-refractivity contribution in [2.75, 3.05) is 0 Å². The first-order valence-electron chi connectivity index (χ1n) is 5.37. The monoisotopic (exact) mass is 221 g/mol. The van der Waals surface area contributed by atoms with Crippen LogP contribution in [0.4, 0.5) is 0 Å². The van der Waals surface area contributed by atoms with Crippen LogP contribution >= 0.6 is 0 Å². The molecule has 1 rings (SSSR count). The van der Waals surface area contributed by atoms with Crippen molar-refractivity contribution < 1.29 is 5.21 Å². The summed E-state index contributed by atoms with van der Waals surface area (Å²) < 4.78 is 1.88. The summed E-state index contributed by atoms with van der Waals surface area (Å²) in [6.45, 7) is 8.28. The van der Waals surface area contributed by atoms with Crippen LogP contribution in [0.15, 0.2) is 11.2 Å². The quantitative estimate of drug-likeness (QED) is 0.484. The number of allylic oxidation sites excluding steroid dienone is 2. The van der Waals surface area contributed by atoms with E-state index in [9.17, 15) is 0 Å². The summed E-state index contributed by atoms with van der Waals surface area (Å²) in [7, 11) is 1.93. The maximum atomic E-state index is 8.49. The SMILES string of the molecule is Cc1nn(C)c(/C(=C\C=N\O)C(C)C)c1C. The van der Waals surface area contributed by atoms with Crippen molar-refractivity contribution in [3.63, 3.8) is 0 Å². The molecule has 16 heavy (non-hydrogen) atoms. The summed E-state index contributed by atoms with van der Waals surface area (Å²) in [6.07, 6.45) is 3.23. The molecule has 0 unspecified atom stereocenters. The van der Waals surface area contributed by atoms with Crippen LogP contribution in [-0.4, -0.2) is 21.2 Å². The van der Waals surface area contributed by atoms with Crippen LogP contribution in [-0.2, 0) is 7.05 Å². The van der Waals surface area contributed by atoms with E-state index in [0.29, 0.717) is 5.92 Å². The molecular formula is C12H19N3O. The summed E-state index contributed by atoms with van der Waals surface area (Å²) in [4.78, 5) is 0. The Labute approximate surface area is 96.3 Å². The zero-order chi connectivity index (χ0) is 12.3.